The van der Waals surface area contributed by atoms with E-state index in [4.69, 9.17) is 10.5 Å². The number of ether oxygens (including phenoxy) is 1. The third-order valence-electron chi connectivity index (χ3n) is 2.27. The van der Waals surface area contributed by atoms with Gasteiger partial charge >= 0.3 is 6.09 Å². The molecule has 20 heavy (non-hydrogen) atoms. The van der Waals surface area contributed by atoms with Gasteiger partial charge in [0, 0.05) is 12.6 Å². The van der Waals surface area contributed by atoms with Gasteiger partial charge in [-0.3, -0.25) is 15.1 Å². The van der Waals surface area contributed by atoms with Crippen molar-refractivity contribution in [2.45, 2.75) is 32.4 Å². The molecule has 1 aromatic heterocycles. The lowest BCUT2D eigenvalue weighted by Gasteiger charge is -2.22. The molecule has 1 heterocycles. The Balaban J connectivity index is 2.75. The van der Waals surface area contributed by atoms with Crippen LogP contribution in [-0.2, 0) is 4.74 Å². The number of hydrogen-bond donors (Lipinski definition) is 2. The van der Waals surface area contributed by atoms with Gasteiger partial charge in [0.25, 0.3) is 5.69 Å². The van der Waals surface area contributed by atoms with Crippen LogP contribution in [0.15, 0.2) is 18.3 Å². The zero-order valence-electron chi connectivity index (χ0n) is 11.6. The highest BCUT2D eigenvalue weighted by molar-refractivity contribution is 5.68. The van der Waals surface area contributed by atoms with E-state index >= 15 is 0 Å². The number of nitro groups is 1. The monoisotopic (exact) mass is 282 g/mol. The average molecular weight is 282 g/mol. The molecule has 0 spiro atoms. The maximum atomic E-state index is 11.7. The molecular formula is C12H18N4O4. The summed E-state index contributed by atoms with van der Waals surface area (Å²) in [6, 6.07) is 2.19. The lowest BCUT2D eigenvalue weighted by Crippen LogP contribution is -2.38. The number of carbonyl (C=O) groups excluding carboxylic acids is 1. The summed E-state index contributed by atoms with van der Waals surface area (Å²) >= 11 is 0. The van der Waals surface area contributed by atoms with E-state index in [0.717, 1.165) is 6.20 Å². The first-order valence-corrected chi connectivity index (χ1v) is 6.03. The van der Waals surface area contributed by atoms with E-state index in [1.54, 1.807) is 20.8 Å². The van der Waals surface area contributed by atoms with Gasteiger partial charge < -0.3 is 15.8 Å². The van der Waals surface area contributed by atoms with Gasteiger partial charge in [-0.05, 0) is 26.8 Å². The number of rotatable bonds is 4. The zero-order valence-corrected chi connectivity index (χ0v) is 11.6. The Kier molecular flexibility index (Phi) is 4.98. The minimum absolute atomic E-state index is 0.101. The highest BCUT2D eigenvalue weighted by Crippen LogP contribution is 2.15. The molecule has 0 aromatic carbocycles. The number of nitrogens with two attached hydrogens (primary N) is 1. The number of nitrogens with zero attached hydrogens (tertiary/aromatic N) is 2. The topological polar surface area (TPSA) is 120 Å². The maximum Gasteiger partial charge on any atom is 0.408 e. The van der Waals surface area contributed by atoms with Crippen LogP contribution in [-0.4, -0.2) is 28.1 Å². The Morgan fingerprint density at radius 2 is 2.20 bits per heavy atom. The van der Waals surface area contributed by atoms with Crippen LogP contribution in [0.25, 0.3) is 0 Å². The van der Waals surface area contributed by atoms with Gasteiger partial charge in [-0.2, -0.15) is 0 Å². The van der Waals surface area contributed by atoms with E-state index in [0.29, 0.717) is 5.69 Å². The summed E-state index contributed by atoms with van der Waals surface area (Å²) in [6.45, 7) is 5.33. The van der Waals surface area contributed by atoms with Crippen molar-refractivity contribution in [1.82, 2.24) is 10.3 Å². The van der Waals surface area contributed by atoms with Crippen molar-refractivity contribution in [1.29, 1.82) is 0 Å². The first kappa shape index (κ1) is 15.8. The Morgan fingerprint density at radius 1 is 1.55 bits per heavy atom. The van der Waals surface area contributed by atoms with Crippen LogP contribution in [0.4, 0.5) is 10.5 Å². The highest BCUT2D eigenvalue weighted by Gasteiger charge is 2.20. The second-order valence-electron chi connectivity index (χ2n) is 5.13. The summed E-state index contributed by atoms with van der Waals surface area (Å²) in [6.07, 6.45) is 0.502. The number of alkyl carbamates (subject to hydrolysis) is 1. The summed E-state index contributed by atoms with van der Waals surface area (Å²) in [5, 5.41) is 13.1. The van der Waals surface area contributed by atoms with E-state index in [1.807, 2.05) is 0 Å². The molecule has 1 unspecified atom stereocenters. The van der Waals surface area contributed by atoms with Gasteiger partial charge in [0.05, 0.1) is 16.7 Å². The molecule has 0 saturated heterocycles. The summed E-state index contributed by atoms with van der Waals surface area (Å²) in [5.74, 6) is 0. The smallest absolute Gasteiger partial charge is 0.408 e. The Morgan fingerprint density at radius 3 is 2.60 bits per heavy atom. The molecular weight excluding hydrogens is 264 g/mol. The molecule has 1 aromatic rings. The molecule has 1 rings (SSSR count). The molecule has 8 nitrogen and oxygen atoms in total. The van der Waals surface area contributed by atoms with Gasteiger partial charge in [-0.25, -0.2) is 4.79 Å². The van der Waals surface area contributed by atoms with Crippen LogP contribution in [0, 0.1) is 10.1 Å². The zero-order chi connectivity index (χ0) is 15.3. The lowest BCUT2D eigenvalue weighted by molar-refractivity contribution is -0.385. The van der Waals surface area contributed by atoms with Crippen LogP contribution in [0.2, 0.25) is 0 Å². The van der Waals surface area contributed by atoms with E-state index < -0.39 is 22.7 Å². The van der Waals surface area contributed by atoms with Crippen molar-refractivity contribution in [2.24, 2.45) is 5.73 Å². The van der Waals surface area contributed by atoms with Crippen LogP contribution in [0.5, 0.6) is 0 Å². The fraction of sp³-hybridized carbons (Fsp3) is 0.500. The molecule has 3 N–H and O–H groups in total. The number of amides is 1. The number of nitrogens with one attached hydrogen (secondary N) is 1. The fourth-order valence-electron chi connectivity index (χ4n) is 1.42. The molecule has 0 saturated carbocycles. The largest absolute Gasteiger partial charge is 0.444 e. The predicted octanol–water partition coefficient (Wildman–Crippen LogP) is 1.51. The van der Waals surface area contributed by atoms with Gasteiger partial charge in [-0.1, -0.05) is 0 Å². The average Bonchev–Trinajstić information content (AvgIpc) is 2.34. The van der Waals surface area contributed by atoms with Crippen LogP contribution < -0.4 is 11.1 Å². The molecule has 0 fully saturated rings. The van der Waals surface area contributed by atoms with Gasteiger partial charge in [-0.15, -0.1) is 0 Å². The van der Waals surface area contributed by atoms with E-state index in [2.05, 4.69) is 10.3 Å². The van der Waals surface area contributed by atoms with Crippen molar-refractivity contribution < 1.29 is 14.5 Å². The van der Waals surface area contributed by atoms with Crippen molar-refractivity contribution in [3.8, 4) is 0 Å². The van der Waals surface area contributed by atoms with Crippen molar-refractivity contribution >= 4 is 11.8 Å². The summed E-state index contributed by atoms with van der Waals surface area (Å²) in [4.78, 5) is 25.6. The van der Waals surface area contributed by atoms with Gasteiger partial charge in [0.1, 0.15) is 11.8 Å². The summed E-state index contributed by atoms with van der Waals surface area (Å²) in [5.41, 5.74) is 5.26. The quantitative estimate of drug-likeness (QED) is 0.638. The van der Waals surface area contributed by atoms with E-state index in [-0.39, 0.29) is 12.2 Å². The van der Waals surface area contributed by atoms with Crippen molar-refractivity contribution in [2.75, 3.05) is 6.54 Å². The number of pyridine rings is 1. The highest BCUT2D eigenvalue weighted by atomic mass is 16.6. The SMILES string of the molecule is CC(C)(C)OC(=O)NC(CN)c1ccc([N+](=O)[O-])cn1. The molecule has 1 atom stereocenters. The van der Waals surface area contributed by atoms with E-state index in [1.165, 1.54) is 12.1 Å². The third-order valence-corrected chi connectivity index (χ3v) is 2.27. The molecule has 1 amide bonds. The molecule has 0 aliphatic carbocycles. The molecule has 8 heteroatoms. The first-order valence-electron chi connectivity index (χ1n) is 6.03. The summed E-state index contributed by atoms with van der Waals surface area (Å²) in [7, 11) is 0. The van der Waals surface area contributed by atoms with Crippen LogP contribution in [0.1, 0.15) is 32.5 Å². The first-order chi connectivity index (χ1) is 9.23. The Bertz CT molecular complexity index is 481. The second kappa shape index (κ2) is 6.29. The Labute approximate surface area is 116 Å². The fourth-order valence-corrected chi connectivity index (χ4v) is 1.42. The van der Waals surface area contributed by atoms with Crippen LogP contribution >= 0.6 is 0 Å². The maximum absolute atomic E-state index is 11.7. The molecule has 0 aliphatic rings. The summed E-state index contributed by atoms with van der Waals surface area (Å²) < 4.78 is 5.11. The van der Waals surface area contributed by atoms with Crippen molar-refractivity contribution in [3.63, 3.8) is 0 Å². The van der Waals surface area contributed by atoms with E-state index in [9.17, 15) is 14.9 Å². The molecule has 0 radical (unpaired) electrons. The van der Waals surface area contributed by atoms with Gasteiger partial charge in [0.15, 0.2) is 0 Å². The van der Waals surface area contributed by atoms with Crippen LogP contribution in [0.3, 0.4) is 0 Å². The molecule has 0 bridgehead atoms. The van der Waals surface area contributed by atoms with Gasteiger partial charge in [0.2, 0.25) is 0 Å². The number of carbonyl (C=O) groups is 1. The molecule has 110 valence electrons. The minimum atomic E-state index is -0.619. The normalized spacial score (nSPS) is 12.6. The predicted molar refractivity (Wildman–Crippen MR) is 72.1 cm³/mol. The third kappa shape index (κ3) is 4.81. The second-order valence-corrected chi connectivity index (χ2v) is 5.13. The Hall–Kier alpha value is -2.22. The molecule has 0 aliphatic heterocycles. The lowest BCUT2D eigenvalue weighted by atomic mass is 10.2. The van der Waals surface area contributed by atoms with Crippen molar-refractivity contribution in [3.05, 3.63) is 34.1 Å². The standard InChI is InChI=1S/C12H18N4O4/c1-12(2,3)20-11(17)15-10(6-13)9-5-4-8(7-14-9)16(18)19/h4-5,7,10H,6,13H2,1-3H3,(H,15,17). The minimum Gasteiger partial charge on any atom is -0.444 e. The number of hydrogen-bond acceptors (Lipinski definition) is 6. The number of aromatic nitrogens is 1.